The molecule has 2 atom stereocenters. The Balaban J connectivity index is 2.02. The zero-order valence-electron chi connectivity index (χ0n) is 8.69. The molecule has 0 bridgehead atoms. The maximum absolute atomic E-state index is 11.3. The van der Waals surface area contributed by atoms with Crippen LogP contribution in [0.2, 0.25) is 0 Å². The average molecular weight is 216 g/mol. The standard InChI is InChI=1S/C12H12N2O2/c15-11-12(16)14-10-8-4-2-1-3-7(8)5-6-9(10)13-11/h1-4,7,9H,5-6H2,(H,13,15)(H,14,16). The molecular formula is C12H12N2O2. The lowest BCUT2D eigenvalue weighted by Crippen LogP contribution is -2.55. The molecule has 2 amide bonds. The summed E-state index contributed by atoms with van der Waals surface area (Å²) in [5, 5.41) is 5.45. The van der Waals surface area contributed by atoms with Crippen molar-refractivity contribution in [3.63, 3.8) is 0 Å². The van der Waals surface area contributed by atoms with Crippen LogP contribution in [0.4, 0.5) is 0 Å². The fourth-order valence-corrected chi connectivity index (χ4v) is 2.52. The average Bonchev–Trinajstić information content (AvgIpc) is 2.31. The molecule has 0 aromatic heterocycles. The number of carbonyl (C=O) groups is 2. The minimum atomic E-state index is -0.553. The van der Waals surface area contributed by atoms with E-state index >= 15 is 0 Å². The second kappa shape index (κ2) is 3.33. The SMILES string of the molecule is O=C1NC2=C3C=CC=CC3CCC2NC1=O. The van der Waals surface area contributed by atoms with E-state index in [1.54, 1.807) is 0 Å². The number of amides is 2. The third-order valence-corrected chi connectivity index (χ3v) is 3.32. The van der Waals surface area contributed by atoms with Gasteiger partial charge in [0.2, 0.25) is 0 Å². The molecule has 3 rings (SSSR count). The van der Waals surface area contributed by atoms with Gasteiger partial charge in [-0.05, 0) is 18.4 Å². The smallest absolute Gasteiger partial charge is 0.313 e. The van der Waals surface area contributed by atoms with Crippen LogP contribution in [0, 0.1) is 5.92 Å². The number of rotatable bonds is 0. The summed E-state index contributed by atoms with van der Waals surface area (Å²) in [6.07, 6.45) is 10.0. The Morgan fingerprint density at radius 1 is 1.12 bits per heavy atom. The van der Waals surface area contributed by atoms with Crippen molar-refractivity contribution in [2.45, 2.75) is 18.9 Å². The van der Waals surface area contributed by atoms with Crippen molar-refractivity contribution in [1.29, 1.82) is 0 Å². The van der Waals surface area contributed by atoms with Crippen LogP contribution in [-0.2, 0) is 9.59 Å². The van der Waals surface area contributed by atoms with Crippen molar-refractivity contribution < 1.29 is 9.59 Å². The first-order valence-electron chi connectivity index (χ1n) is 5.46. The molecule has 1 saturated heterocycles. The third-order valence-electron chi connectivity index (χ3n) is 3.32. The van der Waals surface area contributed by atoms with Crippen LogP contribution in [0.1, 0.15) is 12.8 Å². The molecule has 4 heteroatoms. The van der Waals surface area contributed by atoms with Gasteiger partial charge in [0, 0.05) is 11.6 Å². The van der Waals surface area contributed by atoms with E-state index in [4.69, 9.17) is 0 Å². The number of hydrogen-bond acceptors (Lipinski definition) is 2. The summed E-state index contributed by atoms with van der Waals surface area (Å²) in [7, 11) is 0. The third kappa shape index (κ3) is 1.30. The van der Waals surface area contributed by atoms with Crippen LogP contribution in [0.3, 0.4) is 0 Å². The van der Waals surface area contributed by atoms with Crippen molar-refractivity contribution in [1.82, 2.24) is 10.6 Å². The number of allylic oxidation sites excluding steroid dienone is 5. The number of nitrogens with one attached hydrogen (secondary N) is 2. The summed E-state index contributed by atoms with van der Waals surface area (Å²) in [4.78, 5) is 22.6. The fourth-order valence-electron chi connectivity index (χ4n) is 2.52. The molecule has 16 heavy (non-hydrogen) atoms. The minimum Gasteiger partial charge on any atom is -0.340 e. The second-order valence-electron chi connectivity index (χ2n) is 4.28. The van der Waals surface area contributed by atoms with Gasteiger partial charge in [-0.25, -0.2) is 0 Å². The van der Waals surface area contributed by atoms with Gasteiger partial charge in [-0.1, -0.05) is 24.3 Å². The van der Waals surface area contributed by atoms with E-state index in [9.17, 15) is 9.59 Å². The number of hydrogen-bond donors (Lipinski definition) is 2. The van der Waals surface area contributed by atoms with Gasteiger partial charge < -0.3 is 10.6 Å². The van der Waals surface area contributed by atoms with Crippen molar-refractivity contribution in [2.75, 3.05) is 0 Å². The van der Waals surface area contributed by atoms with Gasteiger partial charge in [-0.3, -0.25) is 9.59 Å². The van der Waals surface area contributed by atoms with Crippen molar-refractivity contribution >= 4 is 11.8 Å². The summed E-state index contributed by atoms with van der Waals surface area (Å²) < 4.78 is 0. The van der Waals surface area contributed by atoms with Crippen LogP contribution in [0.25, 0.3) is 0 Å². The summed E-state index contributed by atoms with van der Waals surface area (Å²) in [6, 6.07) is -0.0207. The lowest BCUT2D eigenvalue weighted by Gasteiger charge is -2.35. The maximum atomic E-state index is 11.3. The molecule has 1 heterocycles. The first-order chi connectivity index (χ1) is 7.75. The van der Waals surface area contributed by atoms with E-state index in [1.165, 1.54) is 0 Å². The summed E-state index contributed by atoms with van der Waals surface area (Å²) in [5.41, 5.74) is 2.01. The topological polar surface area (TPSA) is 58.2 Å². The highest BCUT2D eigenvalue weighted by Gasteiger charge is 2.35. The number of piperazine rings is 1. The first-order valence-corrected chi connectivity index (χ1v) is 5.46. The highest BCUT2D eigenvalue weighted by Crippen LogP contribution is 2.33. The molecular weight excluding hydrogens is 204 g/mol. The molecule has 0 aromatic rings. The van der Waals surface area contributed by atoms with Gasteiger partial charge in [0.05, 0.1) is 6.04 Å². The Morgan fingerprint density at radius 3 is 2.88 bits per heavy atom. The molecule has 1 aliphatic heterocycles. The van der Waals surface area contributed by atoms with Crippen LogP contribution in [-0.4, -0.2) is 17.9 Å². The Labute approximate surface area is 93.1 Å². The minimum absolute atomic E-state index is 0.0207. The van der Waals surface area contributed by atoms with Crippen LogP contribution in [0.15, 0.2) is 35.6 Å². The van der Waals surface area contributed by atoms with E-state index in [-0.39, 0.29) is 6.04 Å². The van der Waals surface area contributed by atoms with E-state index in [1.807, 2.05) is 18.2 Å². The Morgan fingerprint density at radius 2 is 2.00 bits per heavy atom. The van der Waals surface area contributed by atoms with Crippen molar-refractivity contribution in [2.24, 2.45) is 5.92 Å². The quantitative estimate of drug-likeness (QED) is 0.575. The molecule has 3 aliphatic rings. The lowest BCUT2D eigenvalue weighted by molar-refractivity contribution is -0.140. The van der Waals surface area contributed by atoms with Crippen molar-refractivity contribution in [3.8, 4) is 0 Å². The molecule has 0 aromatic carbocycles. The largest absolute Gasteiger partial charge is 0.340 e. The van der Waals surface area contributed by atoms with Gasteiger partial charge in [0.25, 0.3) is 0 Å². The monoisotopic (exact) mass is 216 g/mol. The molecule has 2 aliphatic carbocycles. The molecule has 82 valence electrons. The Hall–Kier alpha value is -1.84. The molecule has 2 N–H and O–H groups in total. The van der Waals surface area contributed by atoms with Gasteiger partial charge in [-0.2, -0.15) is 0 Å². The lowest BCUT2D eigenvalue weighted by atomic mass is 9.80. The molecule has 0 radical (unpaired) electrons. The second-order valence-corrected chi connectivity index (χ2v) is 4.28. The van der Waals surface area contributed by atoms with Crippen LogP contribution in [0.5, 0.6) is 0 Å². The molecule has 2 unspecified atom stereocenters. The zero-order valence-corrected chi connectivity index (χ0v) is 8.69. The summed E-state index contributed by atoms with van der Waals surface area (Å²) >= 11 is 0. The summed E-state index contributed by atoms with van der Waals surface area (Å²) in [6.45, 7) is 0. The molecule has 4 nitrogen and oxygen atoms in total. The van der Waals surface area contributed by atoms with E-state index in [0.717, 1.165) is 24.1 Å². The van der Waals surface area contributed by atoms with E-state index in [2.05, 4.69) is 16.7 Å². The Kier molecular flexibility index (Phi) is 1.96. The molecule has 0 saturated carbocycles. The van der Waals surface area contributed by atoms with E-state index < -0.39 is 11.8 Å². The highest BCUT2D eigenvalue weighted by molar-refractivity contribution is 6.36. The molecule has 1 fully saturated rings. The number of fused-ring (bicyclic) bond motifs is 2. The zero-order chi connectivity index (χ0) is 11.1. The first kappa shape index (κ1) is 9.39. The fraction of sp³-hybridized carbons (Fsp3) is 0.333. The van der Waals surface area contributed by atoms with Gasteiger partial charge in [0.1, 0.15) is 0 Å². The van der Waals surface area contributed by atoms with Crippen LogP contribution >= 0.6 is 0 Å². The van der Waals surface area contributed by atoms with E-state index in [0.29, 0.717) is 5.92 Å². The number of carbonyl (C=O) groups excluding carboxylic acids is 2. The normalized spacial score (nSPS) is 31.8. The maximum Gasteiger partial charge on any atom is 0.313 e. The predicted octanol–water partition coefficient (Wildman–Crippen LogP) is 0.391. The van der Waals surface area contributed by atoms with Gasteiger partial charge >= 0.3 is 11.8 Å². The summed E-state index contributed by atoms with van der Waals surface area (Å²) in [5.74, 6) is -0.697. The van der Waals surface area contributed by atoms with Crippen LogP contribution < -0.4 is 10.6 Å². The Bertz CT molecular complexity index is 460. The van der Waals surface area contributed by atoms with Gasteiger partial charge in [0.15, 0.2) is 0 Å². The molecule has 0 spiro atoms. The highest BCUT2D eigenvalue weighted by atomic mass is 16.2. The predicted molar refractivity (Wildman–Crippen MR) is 58.1 cm³/mol. The van der Waals surface area contributed by atoms with Crippen molar-refractivity contribution in [3.05, 3.63) is 35.6 Å². The van der Waals surface area contributed by atoms with Gasteiger partial charge in [-0.15, -0.1) is 0 Å².